The van der Waals surface area contributed by atoms with Gasteiger partial charge in [-0.2, -0.15) is 0 Å². The fourth-order valence-electron chi connectivity index (χ4n) is 3.01. The molecule has 1 aliphatic heterocycles. The van der Waals surface area contributed by atoms with Crippen molar-refractivity contribution in [2.45, 2.75) is 39.3 Å². The number of aromatic nitrogens is 1. The standard InChI is InChI=1S/C21H25N3O2/c1-16(2)11-21(25)24(14-17-7-4-3-5-8-17)15-19-12-20(23-26-19)18-9-6-10-22-13-18/h3-10,13,16,19H,11-12,14-15H2,1-2H3/t19-/m1/s1. The largest absolute Gasteiger partial charge is 0.390 e. The maximum absolute atomic E-state index is 12.7. The fraction of sp³-hybridized carbons (Fsp3) is 0.381. The quantitative estimate of drug-likeness (QED) is 0.765. The van der Waals surface area contributed by atoms with Crippen LogP contribution in [0.25, 0.3) is 0 Å². The second-order valence-corrected chi connectivity index (χ2v) is 7.07. The number of nitrogens with zero attached hydrogens (tertiary/aromatic N) is 3. The van der Waals surface area contributed by atoms with E-state index in [0.29, 0.717) is 31.8 Å². The average Bonchev–Trinajstić information content (AvgIpc) is 3.11. The Labute approximate surface area is 154 Å². The highest BCUT2D eigenvalue weighted by atomic mass is 16.6. The Balaban J connectivity index is 1.65. The monoisotopic (exact) mass is 351 g/mol. The first-order valence-electron chi connectivity index (χ1n) is 9.06. The number of rotatable bonds is 7. The summed E-state index contributed by atoms with van der Waals surface area (Å²) in [4.78, 5) is 24.4. The molecular weight excluding hydrogens is 326 g/mol. The third-order valence-electron chi connectivity index (χ3n) is 4.30. The predicted octanol–water partition coefficient (Wildman–Crippen LogP) is 3.65. The Morgan fingerprint density at radius 3 is 2.73 bits per heavy atom. The normalized spacial score (nSPS) is 16.3. The van der Waals surface area contributed by atoms with Gasteiger partial charge < -0.3 is 9.74 Å². The van der Waals surface area contributed by atoms with E-state index < -0.39 is 0 Å². The van der Waals surface area contributed by atoms with Crippen LogP contribution >= 0.6 is 0 Å². The Bertz CT molecular complexity index is 744. The van der Waals surface area contributed by atoms with Gasteiger partial charge in [0.1, 0.15) is 0 Å². The van der Waals surface area contributed by atoms with Gasteiger partial charge in [-0.1, -0.05) is 49.3 Å². The lowest BCUT2D eigenvalue weighted by Gasteiger charge is -2.26. The Kier molecular flexibility index (Phi) is 6.00. The molecule has 0 bridgehead atoms. The summed E-state index contributed by atoms with van der Waals surface area (Å²) in [6.07, 6.45) is 4.63. The van der Waals surface area contributed by atoms with Crippen LogP contribution in [0, 0.1) is 5.92 Å². The van der Waals surface area contributed by atoms with E-state index in [1.54, 1.807) is 12.4 Å². The van der Waals surface area contributed by atoms with Crippen LogP contribution in [0.1, 0.15) is 37.8 Å². The molecule has 1 atom stereocenters. The van der Waals surface area contributed by atoms with Crippen molar-refractivity contribution in [3.8, 4) is 0 Å². The number of hydrogen-bond donors (Lipinski definition) is 0. The number of amides is 1. The zero-order chi connectivity index (χ0) is 18.4. The smallest absolute Gasteiger partial charge is 0.223 e. The van der Waals surface area contributed by atoms with Gasteiger partial charge in [-0.05, 0) is 23.6 Å². The maximum atomic E-state index is 12.7. The molecule has 2 heterocycles. The van der Waals surface area contributed by atoms with Crippen LogP contribution in [-0.2, 0) is 16.2 Å². The highest BCUT2D eigenvalue weighted by Gasteiger charge is 2.27. The molecule has 1 amide bonds. The molecule has 0 unspecified atom stereocenters. The molecule has 1 aromatic carbocycles. The van der Waals surface area contributed by atoms with Crippen molar-refractivity contribution < 1.29 is 9.63 Å². The van der Waals surface area contributed by atoms with E-state index in [4.69, 9.17) is 4.84 Å². The first-order chi connectivity index (χ1) is 12.6. The highest BCUT2D eigenvalue weighted by molar-refractivity contribution is 6.01. The molecule has 0 aliphatic carbocycles. The van der Waals surface area contributed by atoms with Crippen molar-refractivity contribution in [1.29, 1.82) is 0 Å². The van der Waals surface area contributed by atoms with E-state index in [0.717, 1.165) is 16.8 Å². The van der Waals surface area contributed by atoms with E-state index in [2.05, 4.69) is 24.0 Å². The van der Waals surface area contributed by atoms with Gasteiger partial charge in [-0.25, -0.2) is 0 Å². The number of carbonyl (C=O) groups is 1. The molecule has 136 valence electrons. The maximum Gasteiger partial charge on any atom is 0.223 e. The molecule has 3 rings (SSSR count). The fourth-order valence-corrected chi connectivity index (χ4v) is 3.01. The molecule has 0 radical (unpaired) electrons. The van der Waals surface area contributed by atoms with E-state index in [1.807, 2.05) is 47.4 Å². The number of oxime groups is 1. The third-order valence-corrected chi connectivity index (χ3v) is 4.30. The van der Waals surface area contributed by atoms with Crippen molar-refractivity contribution >= 4 is 11.6 Å². The van der Waals surface area contributed by atoms with Gasteiger partial charge in [-0.3, -0.25) is 9.78 Å². The summed E-state index contributed by atoms with van der Waals surface area (Å²) >= 11 is 0. The molecule has 0 spiro atoms. The molecule has 5 nitrogen and oxygen atoms in total. The van der Waals surface area contributed by atoms with Crippen LogP contribution in [0.2, 0.25) is 0 Å². The summed E-state index contributed by atoms with van der Waals surface area (Å²) in [6, 6.07) is 13.9. The van der Waals surface area contributed by atoms with Crippen molar-refractivity contribution in [3.63, 3.8) is 0 Å². The number of carbonyl (C=O) groups excluding carboxylic acids is 1. The molecule has 26 heavy (non-hydrogen) atoms. The van der Waals surface area contributed by atoms with E-state index in [-0.39, 0.29) is 12.0 Å². The van der Waals surface area contributed by atoms with Gasteiger partial charge >= 0.3 is 0 Å². The Morgan fingerprint density at radius 2 is 2.04 bits per heavy atom. The SMILES string of the molecule is CC(C)CC(=O)N(Cc1ccccc1)C[C@H]1CC(c2cccnc2)=NO1. The van der Waals surface area contributed by atoms with Gasteiger partial charge in [0.2, 0.25) is 5.91 Å². The summed E-state index contributed by atoms with van der Waals surface area (Å²) in [5, 5.41) is 4.21. The molecule has 1 aromatic heterocycles. The lowest BCUT2D eigenvalue weighted by Crippen LogP contribution is -2.37. The Morgan fingerprint density at radius 1 is 1.23 bits per heavy atom. The lowest BCUT2D eigenvalue weighted by molar-refractivity contribution is -0.134. The minimum absolute atomic E-state index is 0.120. The van der Waals surface area contributed by atoms with Crippen LogP contribution in [0.15, 0.2) is 60.0 Å². The summed E-state index contributed by atoms with van der Waals surface area (Å²) in [6.45, 7) is 5.25. The van der Waals surface area contributed by atoms with Crippen LogP contribution in [0.4, 0.5) is 0 Å². The summed E-state index contributed by atoms with van der Waals surface area (Å²) in [5.41, 5.74) is 2.98. The molecule has 2 aromatic rings. The molecule has 0 saturated carbocycles. The van der Waals surface area contributed by atoms with Crippen LogP contribution in [0.5, 0.6) is 0 Å². The van der Waals surface area contributed by atoms with E-state index in [1.165, 1.54) is 0 Å². The summed E-state index contributed by atoms with van der Waals surface area (Å²) in [7, 11) is 0. The number of benzene rings is 1. The molecule has 0 saturated heterocycles. The van der Waals surface area contributed by atoms with Crippen LogP contribution in [0.3, 0.4) is 0 Å². The zero-order valence-electron chi connectivity index (χ0n) is 15.3. The molecule has 0 fully saturated rings. The first kappa shape index (κ1) is 18.1. The van der Waals surface area contributed by atoms with Crippen LogP contribution < -0.4 is 0 Å². The minimum Gasteiger partial charge on any atom is -0.390 e. The van der Waals surface area contributed by atoms with Crippen LogP contribution in [-0.4, -0.2) is 34.2 Å². The third kappa shape index (κ3) is 4.91. The summed E-state index contributed by atoms with van der Waals surface area (Å²) in [5.74, 6) is 0.481. The van der Waals surface area contributed by atoms with Crippen molar-refractivity contribution in [2.75, 3.05) is 6.54 Å². The molecule has 1 aliphatic rings. The predicted molar refractivity (Wildman–Crippen MR) is 102 cm³/mol. The van der Waals surface area contributed by atoms with Crippen molar-refractivity contribution in [3.05, 3.63) is 66.0 Å². The van der Waals surface area contributed by atoms with E-state index >= 15 is 0 Å². The van der Waals surface area contributed by atoms with Gasteiger partial charge in [0.15, 0.2) is 6.10 Å². The van der Waals surface area contributed by atoms with E-state index in [9.17, 15) is 4.79 Å². The first-order valence-corrected chi connectivity index (χ1v) is 9.06. The van der Waals surface area contributed by atoms with Gasteiger partial charge in [0.05, 0.1) is 12.3 Å². The molecular formula is C21H25N3O2. The number of pyridine rings is 1. The average molecular weight is 351 g/mol. The van der Waals surface area contributed by atoms with Gasteiger partial charge in [0.25, 0.3) is 0 Å². The topological polar surface area (TPSA) is 54.8 Å². The van der Waals surface area contributed by atoms with Crippen molar-refractivity contribution in [2.24, 2.45) is 11.1 Å². The minimum atomic E-state index is -0.120. The van der Waals surface area contributed by atoms with Crippen molar-refractivity contribution in [1.82, 2.24) is 9.88 Å². The van der Waals surface area contributed by atoms with Gasteiger partial charge in [0, 0.05) is 37.3 Å². The molecule has 0 N–H and O–H groups in total. The Hall–Kier alpha value is -2.69. The lowest BCUT2D eigenvalue weighted by atomic mass is 10.1. The summed E-state index contributed by atoms with van der Waals surface area (Å²) < 4.78 is 0. The number of hydrogen-bond acceptors (Lipinski definition) is 4. The van der Waals surface area contributed by atoms with Gasteiger partial charge in [-0.15, -0.1) is 0 Å². The second kappa shape index (κ2) is 8.61. The highest BCUT2D eigenvalue weighted by Crippen LogP contribution is 2.19. The second-order valence-electron chi connectivity index (χ2n) is 7.07. The zero-order valence-corrected chi connectivity index (χ0v) is 15.3. The molecule has 5 heteroatoms.